The van der Waals surface area contributed by atoms with Crippen LogP contribution in [0.5, 0.6) is 0 Å². The molecular formula is C30H41N7O4S2. The molecule has 1 aliphatic rings. The molecule has 0 bridgehead atoms. The molecule has 11 nitrogen and oxygen atoms in total. The number of nitrogens with one attached hydrogen (secondary N) is 3. The SMILES string of the molecule is CC(C)c1nc(CN(C)C(=O)NC2(C(=O)NCCC[C@H](Cc3ccccc3)NC(=O)OCc3cncs3)CC2CN)cs1. The van der Waals surface area contributed by atoms with E-state index < -0.39 is 11.6 Å². The highest BCUT2D eigenvalue weighted by Gasteiger charge is 2.60. The number of rotatable bonds is 15. The third-order valence-corrected chi connectivity index (χ3v) is 9.37. The highest BCUT2D eigenvalue weighted by atomic mass is 32.1. The van der Waals surface area contributed by atoms with Crippen LogP contribution < -0.4 is 21.7 Å². The van der Waals surface area contributed by atoms with E-state index in [1.807, 2.05) is 35.7 Å². The Morgan fingerprint density at radius 2 is 2.00 bits per heavy atom. The van der Waals surface area contributed by atoms with Gasteiger partial charge in [-0.3, -0.25) is 9.78 Å². The quantitative estimate of drug-likeness (QED) is 0.186. The minimum Gasteiger partial charge on any atom is -0.444 e. The average Bonchev–Trinajstić information content (AvgIpc) is 3.31. The fourth-order valence-corrected chi connectivity index (χ4v) is 6.19. The van der Waals surface area contributed by atoms with Crippen molar-refractivity contribution in [3.8, 4) is 0 Å². The maximum Gasteiger partial charge on any atom is 0.407 e. The number of amides is 4. The molecule has 1 fully saturated rings. The van der Waals surface area contributed by atoms with Gasteiger partial charge < -0.3 is 31.3 Å². The second-order valence-corrected chi connectivity index (χ2v) is 13.1. The van der Waals surface area contributed by atoms with Gasteiger partial charge in [0.25, 0.3) is 0 Å². The van der Waals surface area contributed by atoms with Crippen LogP contribution in [0.4, 0.5) is 9.59 Å². The highest BCUT2D eigenvalue weighted by molar-refractivity contribution is 7.09. The fourth-order valence-electron chi connectivity index (χ4n) is 4.85. The van der Waals surface area contributed by atoms with Crippen LogP contribution in [0, 0.1) is 5.92 Å². The van der Waals surface area contributed by atoms with Crippen LogP contribution in [0.2, 0.25) is 0 Å². The minimum atomic E-state index is -1.02. The van der Waals surface area contributed by atoms with Crippen molar-refractivity contribution in [1.29, 1.82) is 0 Å². The lowest BCUT2D eigenvalue weighted by atomic mass is 10.0. The zero-order chi connectivity index (χ0) is 30.8. The minimum absolute atomic E-state index is 0.127. The van der Waals surface area contributed by atoms with Crippen molar-refractivity contribution >= 4 is 40.7 Å². The zero-order valence-electron chi connectivity index (χ0n) is 24.9. The summed E-state index contributed by atoms with van der Waals surface area (Å²) in [6, 6.07) is 9.38. The fraction of sp³-hybridized carbons (Fsp3) is 0.500. The van der Waals surface area contributed by atoms with Crippen LogP contribution in [0.1, 0.15) is 60.2 Å². The number of hydrogen-bond acceptors (Lipinski definition) is 9. The van der Waals surface area contributed by atoms with Gasteiger partial charge in [0.1, 0.15) is 12.1 Å². The standard InChI is InChI=1S/C30H41N7O4S2/c1-20(2)26-34-24(18-42-26)16-37(3)28(39)36-30(13-22(30)14-31)27(38)33-11-7-10-23(12-21-8-5-4-6-9-21)35-29(40)41-17-25-15-32-19-43-25/h4-6,8-9,15,18-20,22-23H,7,10-14,16-17,31H2,1-3H3,(H,33,38)(H,35,40)(H,36,39)/t22?,23-,30?/m1/s1. The van der Waals surface area contributed by atoms with Gasteiger partial charge in [-0.2, -0.15) is 0 Å². The lowest BCUT2D eigenvalue weighted by Gasteiger charge is -2.24. The molecule has 2 unspecified atom stereocenters. The second kappa shape index (κ2) is 15.3. The molecule has 2 aromatic heterocycles. The summed E-state index contributed by atoms with van der Waals surface area (Å²) in [6.45, 7) is 5.38. The molecule has 5 N–H and O–H groups in total. The van der Waals surface area contributed by atoms with Gasteiger partial charge in [0.2, 0.25) is 5.91 Å². The first-order valence-corrected chi connectivity index (χ1v) is 16.3. The van der Waals surface area contributed by atoms with Crippen LogP contribution in [0.3, 0.4) is 0 Å². The van der Waals surface area contributed by atoms with E-state index in [-0.39, 0.29) is 30.5 Å². The van der Waals surface area contributed by atoms with Gasteiger partial charge in [0.05, 0.1) is 27.6 Å². The summed E-state index contributed by atoms with van der Waals surface area (Å²) in [5.74, 6) is -0.0384. The van der Waals surface area contributed by atoms with Gasteiger partial charge in [-0.15, -0.1) is 22.7 Å². The van der Waals surface area contributed by atoms with Crippen LogP contribution in [0.25, 0.3) is 0 Å². The first-order valence-electron chi connectivity index (χ1n) is 14.5. The Labute approximate surface area is 260 Å². The number of ether oxygens (including phenoxy) is 1. The van der Waals surface area contributed by atoms with Crippen molar-refractivity contribution in [2.75, 3.05) is 20.1 Å². The van der Waals surface area contributed by atoms with Gasteiger partial charge >= 0.3 is 12.1 Å². The summed E-state index contributed by atoms with van der Waals surface area (Å²) < 4.78 is 5.37. The first-order chi connectivity index (χ1) is 20.7. The third kappa shape index (κ3) is 9.22. The van der Waals surface area contributed by atoms with Crippen molar-refractivity contribution in [2.24, 2.45) is 11.7 Å². The summed E-state index contributed by atoms with van der Waals surface area (Å²) in [7, 11) is 1.69. The molecule has 0 spiro atoms. The number of urea groups is 1. The second-order valence-electron chi connectivity index (χ2n) is 11.2. The van der Waals surface area contributed by atoms with Gasteiger partial charge in [-0.1, -0.05) is 44.2 Å². The molecule has 4 amide bonds. The predicted molar refractivity (Wildman–Crippen MR) is 168 cm³/mol. The predicted octanol–water partition coefficient (Wildman–Crippen LogP) is 4.02. The van der Waals surface area contributed by atoms with Gasteiger partial charge in [-0.05, 0) is 37.8 Å². The Kier molecular flexibility index (Phi) is 11.5. The maximum absolute atomic E-state index is 13.3. The molecule has 0 radical (unpaired) electrons. The first kappa shape index (κ1) is 32.4. The zero-order valence-corrected chi connectivity index (χ0v) is 26.5. The number of carbonyl (C=O) groups excluding carboxylic acids is 3. The van der Waals surface area contributed by atoms with Crippen LogP contribution in [-0.4, -0.2) is 64.6 Å². The number of benzene rings is 1. The van der Waals surface area contributed by atoms with E-state index in [1.54, 1.807) is 30.1 Å². The van der Waals surface area contributed by atoms with Gasteiger partial charge in [0.15, 0.2) is 0 Å². The Balaban J connectivity index is 1.27. The number of aromatic nitrogens is 2. The third-order valence-electron chi connectivity index (χ3n) is 7.42. The van der Waals surface area contributed by atoms with E-state index >= 15 is 0 Å². The molecule has 2 heterocycles. The van der Waals surface area contributed by atoms with Crippen molar-refractivity contribution in [3.63, 3.8) is 0 Å². The molecule has 1 saturated carbocycles. The summed E-state index contributed by atoms with van der Waals surface area (Å²) in [5, 5.41) is 11.9. The smallest absolute Gasteiger partial charge is 0.407 e. The molecule has 4 rings (SSSR count). The molecule has 3 aromatic rings. The van der Waals surface area contributed by atoms with Crippen LogP contribution >= 0.6 is 22.7 Å². The molecular weight excluding hydrogens is 587 g/mol. The molecule has 0 saturated heterocycles. The molecule has 13 heteroatoms. The number of nitrogens with two attached hydrogens (primary N) is 1. The monoisotopic (exact) mass is 627 g/mol. The van der Waals surface area contributed by atoms with Crippen molar-refractivity contribution in [3.05, 3.63) is 68.6 Å². The van der Waals surface area contributed by atoms with Crippen LogP contribution in [0.15, 0.2) is 47.4 Å². The normalized spacial score (nSPS) is 18.1. The molecule has 1 aromatic carbocycles. The van der Waals surface area contributed by atoms with Gasteiger partial charge in [0, 0.05) is 43.0 Å². The summed E-state index contributed by atoms with van der Waals surface area (Å²) >= 11 is 3.01. The summed E-state index contributed by atoms with van der Waals surface area (Å²) in [4.78, 5) is 49.9. The Morgan fingerprint density at radius 3 is 2.65 bits per heavy atom. The van der Waals surface area contributed by atoms with E-state index in [9.17, 15) is 14.4 Å². The number of nitrogens with zero attached hydrogens (tertiary/aromatic N) is 3. The highest BCUT2D eigenvalue weighted by Crippen LogP contribution is 2.43. The average molecular weight is 628 g/mol. The van der Waals surface area contributed by atoms with E-state index in [4.69, 9.17) is 10.5 Å². The van der Waals surface area contributed by atoms with Crippen molar-refractivity contribution < 1.29 is 19.1 Å². The van der Waals surface area contributed by atoms with Crippen molar-refractivity contribution in [1.82, 2.24) is 30.8 Å². The largest absolute Gasteiger partial charge is 0.444 e. The van der Waals surface area contributed by atoms with E-state index in [0.29, 0.717) is 51.2 Å². The topological polar surface area (TPSA) is 152 Å². The maximum atomic E-state index is 13.3. The van der Waals surface area contributed by atoms with E-state index in [0.717, 1.165) is 21.1 Å². The van der Waals surface area contributed by atoms with Gasteiger partial charge in [-0.25, -0.2) is 14.6 Å². The number of thiazole rings is 2. The summed E-state index contributed by atoms with van der Waals surface area (Å²) in [5.41, 5.74) is 8.50. The molecule has 1 aliphatic carbocycles. The van der Waals surface area contributed by atoms with Crippen LogP contribution in [-0.2, 0) is 29.1 Å². The Hall–Kier alpha value is -3.55. The Morgan fingerprint density at radius 1 is 1.21 bits per heavy atom. The lowest BCUT2D eigenvalue weighted by molar-refractivity contribution is -0.124. The number of alkyl carbamates (subject to hydrolysis) is 1. The molecule has 43 heavy (non-hydrogen) atoms. The number of carbonyl (C=O) groups is 3. The lowest BCUT2D eigenvalue weighted by Crippen LogP contribution is -2.54. The number of hydrogen-bond donors (Lipinski definition) is 4. The Bertz CT molecular complexity index is 1340. The van der Waals surface area contributed by atoms with Crippen molar-refractivity contribution in [2.45, 2.75) is 70.2 Å². The molecule has 232 valence electrons. The molecule has 3 atom stereocenters. The molecule has 0 aliphatic heterocycles. The summed E-state index contributed by atoms with van der Waals surface area (Å²) in [6.07, 6.45) is 3.55. The van der Waals surface area contributed by atoms with E-state index in [2.05, 4.69) is 39.8 Å². The van der Waals surface area contributed by atoms with E-state index in [1.165, 1.54) is 16.2 Å².